The largest absolute Gasteiger partial charge is 0.506 e. The van der Waals surface area contributed by atoms with Gasteiger partial charge < -0.3 is 14.3 Å². The van der Waals surface area contributed by atoms with E-state index in [9.17, 15) is 14.7 Å². The van der Waals surface area contributed by atoms with E-state index in [-0.39, 0.29) is 29.2 Å². The van der Waals surface area contributed by atoms with E-state index in [1.165, 1.54) is 6.92 Å². The molecule has 0 aliphatic carbocycles. The Bertz CT molecular complexity index is 473. The molecule has 94 valence electrons. The summed E-state index contributed by atoms with van der Waals surface area (Å²) in [5.74, 6) is -0.831. The molecular weight excluding hydrogens is 224 g/mol. The highest BCUT2D eigenvalue weighted by atomic mass is 16.5. The van der Waals surface area contributed by atoms with Crippen LogP contribution in [0.2, 0.25) is 0 Å². The molecule has 1 N–H and O–H groups in total. The topological polar surface area (TPSA) is 76.7 Å². The first-order chi connectivity index (χ1) is 8.02. The van der Waals surface area contributed by atoms with Crippen LogP contribution in [-0.4, -0.2) is 17.7 Å². The van der Waals surface area contributed by atoms with Crippen molar-refractivity contribution in [2.24, 2.45) is 0 Å². The fraction of sp³-hybridized carbons (Fsp3) is 0.500. The van der Waals surface area contributed by atoms with E-state index in [4.69, 9.17) is 9.15 Å². The van der Waals surface area contributed by atoms with E-state index in [2.05, 4.69) is 0 Å². The Hall–Kier alpha value is -1.78. The van der Waals surface area contributed by atoms with Crippen molar-refractivity contribution in [3.63, 3.8) is 0 Å². The molecule has 1 aromatic heterocycles. The second-order valence-corrected chi connectivity index (χ2v) is 3.63. The number of hydrogen-bond acceptors (Lipinski definition) is 5. The molecule has 0 saturated carbocycles. The summed E-state index contributed by atoms with van der Waals surface area (Å²) in [6.45, 7) is 5.15. The highest BCUT2D eigenvalue weighted by Crippen LogP contribution is 2.24. The third-order valence-electron chi connectivity index (χ3n) is 2.35. The number of hydrogen-bond donors (Lipinski definition) is 1. The molecule has 0 aliphatic heterocycles. The Labute approximate surface area is 99.0 Å². The van der Waals surface area contributed by atoms with Gasteiger partial charge in [-0.15, -0.1) is 0 Å². The summed E-state index contributed by atoms with van der Waals surface area (Å²) in [5.41, 5.74) is -0.641. The zero-order chi connectivity index (χ0) is 13.0. The van der Waals surface area contributed by atoms with Crippen LogP contribution >= 0.6 is 0 Å². The zero-order valence-electron chi connectivity index (χ0n) is 10.2. The Morgan fingerprint density at radius 2 is 2.06 bits per heavy atom. The Morgan fingerprint density at radius 1 is 1.41 bits per heavy atom. The van der Waals surface area contributed by atoms with E-state index in [0.29, 0.717) is 12.8 Å². The molecule has 1 aromatic rings. The molecule has 5 heteroatoms. The molecular formula is C12H16O5. The van der Waals surface area contributed by atoms with Crippen molar-refractivity contribution in [2.75, 3.05) is 6.61 Å². The second-order valence-electron chi connectivity index (χ2n) is 3.63. The van der Waals surface area contributed by atoms with E-state index in [1.807, 2.05) is 6.92 Å². The van der Waals surface area contributed by atoms with Crippen LogP contribution in [0.5, 0.6) is 5.75 Å². The van der Waals surface area contributed by atoms with Gasteiger partial charge in [-0.25, -0.2) is 9.59 Å². The van der Waals surface area contributed by atoms with Gasteiger partial charge in [0.1, 0.15) is 17.1 Å². The number of esters is 1. The highest BCUT2D eigenvalue weighted by Gasteiger charge is 2.23. The molecule has 0 bridgehead atoms. The molecule has 0 unspecified atom stereocenters. The maximum atomic E-state index is 11.7. The van der Waals surface area contributed by atoms with Gasteiger partial charge in [0.15, 0.2) is 0 Å². The minimum Gasteiger partial charge on any atom is -0.506 e. The van der Waals surface area contributed by atoms with Gasteiger partial charge in [-0.1, -0.05) is 6.92 Å². The van der Waals surface area contributed by atoms with Crippen molar-refractivity contribution >= 4 is 5.97 Å². The molecule has 0 aliphatic rings. The van der Waals surface area contributed by atoms with Gasteiger partial charge in [0, 0.05) is 6.42 Å². The summed E-state index contributed by atoms with van der Waals surface area (Å²) in [6.07, 6.45) is 1.09. The number of carbonyl (C=O) groups is 1. The van der Waals surface area contributed by atoms with Gasteiger partial charge in [-0.05, 0) is 20.3 Å². The first-order valence-electron chi connectivity index (χ1n) is 5.55. The summed E-state index contributed by atoms with van der Waals surface area (Å²) in [5, 5.41) is 9.82. The number of aromatic hydroxyl groups is 1. The molecule has 0 spiro atoms. The van der Waals surface area contributed by atoms with E-state index in [0.717, 1.165) is 0 Å². The van der Waals surface area contributed by atoms with Gasteiger partial charge >= 0.3 is 11.6 Å². The average molecular weight is 240 g/mol. The predicted molar refractivity (Wildman–Crippen MR) is 61.3 cm³/mol. The van der Waals surface area contributed by atoms with Gasteiger partial charge in [-0.2, -0.15) is 0 Å². The van der Waals surface area contributed by atoms with Crippen molar-refractivity contribution in [1.29, 1.82) is 0 Å². The number of rotatable bonds is 4. The van der Waals surface area contributed by atoms with Crippen LogP contribution in [-0.2, 0) is 11.2 Å². The lowest BCUT2D eigenvalue weighted by Gasteiger charge is -2.09. The van der Waals surface area contributed by atoms with Gasteiger partial charge in [0.25, 0.3) is 0 Å². The van der Waals surface area contributed by atoms with Crippen LogP contribution in [0.1, 0.15) is 41.9 Å². The number of carbonyl (C=O) groups excluding carboxylic acids is 1. The van der Waals surface area contributed by atoms with Crippen LogP contribution in [0.15, 0.2) is 9.21 Å². The third kappa shape index (κ3) is 2.67. The van der Waals surface area contributed by atoms with Crippen molar-refractivity contribution in [3.05, 3.63) is 27.3 Å². The average Bonchev–Trinajstić information content (AvgIpc) is 2.27. The lowest BCUT2D eigenvalue weighted by Crippen LogP contribution is -2.15. The maximum absolute atomic E-state index is 11.7. The minimum atomic E-state index is -0.666. The van der Waals surface area contributed by atoms with Gasteiger partial charge in [0.2, 0.25) is 0 Å². The molecule has 1 rings (SSSR count). The molecule has 0 atom stereocenters. The molecule has 5 nitrogen and oxygen atoms in total. The fourth-order valence-electron chi connectivity index (χ4n) is 1.47. The SMILES string of the molecule is CCCc1oc(=O)c(C)c(O)c1C(=O)OCC. The van der Waals surface area contributed by atoms with Crippen LogP contribution in [0.4, 0.5) is 0 Å². The first kappa shape index (κ1) is 13.3. The smallest absolute Gasteiger partial charge is 0.345 e. The zero-order valence-corrected chi connectivity index (χ0v) is 10.2. The molecule has 17 heavy (non-hydrogen) atoms. The second kappa shape index (κ2) is 5.52. The minimum absolute atomic E-state index is 0.0212. The van der Waals surface area contributed by atoms with Crippen molar-refractivity contribution in [2.45, 2.75) is 33.6 Å². The van der Waals surface area contributed by atoms with Crippen LogP contribution in [0, 0.1) is 6.92 Å². The van der Waals surface area contributed by atoms with Gasteiger partial charge in [0.05, 0.1) is 12.2 Å². The summed E-state index contributed by atoms with van der Waals surface area (Å²) >= 11 is 0. The summed E-state index contributed by atoms with van der Waals surface area (Å²) in [7, 11) is 0. The van der Waals surface area contributed by atoms with Crippen LogP contribution in [0.3, 0.4) is 0 Å². The van der Waals surface area contributed by atoms with E-state index in [1.54, 1.807) is 6.92 Å². The molecule has 0 radical (unpaired) electrons. The summed E-state index contributed by atoms with van der Waals surface area (Å²) in [4.78, 5) is 23.1. The Morgan fingerprint density at radius 3 is 2.59 bits per heavy atom. The van der Waals surface area contributed by atoms with Crippen molar-refractivity contribution < 1.29 is 19.1 Å². The lowest BCUT2D eigenvalue weighted by atomic mass is 10.1. The first-order valence-corrected chi connectivity index (χ1v) is 5.55. The third-order valence-corrected chi connectivity index (χ3v) is 2.35. The van der Waals surface area contributed by atoms with Crippen LogP contribution < -0.4 is 5.63 Å². The number of ether oxygens (including phenoxy) is 1. The highest BCUT2D eigenvalue weighted by molar-refractivity contribution is 5.93. The monoisotopic (exact) mass is 240 g/mol. The normalized spacial score (nSPS) is 10.3. The van der Waals surface area contributed by atoms with Crippen LogP contribution in [0.25, 0.3) is 0 Å². The Kier molecular flexibility index (Phi) is 4.31. The van der Waals surface area contributed by atoms with Crippen molar-refractivity contribution in [3.8, 4) is 5.75 Å². The predicted octanol–water partition coefficient (Wildman–Crippen LogP) is 1.78. The lowest BCUT2D eigenvalue weighted by molar-refractivity contribution is 0.0517. The fourth-order valence-corrected chi connectivity index (χ4v) is 1.47. The van der Waals surface area contributed by atoms with Crippen molar-refractivity contribution in [1.82, 2.24) is 0 Å². The molecule has 0 fully saturated rings. The molecule has 0 saturated heterocycles. The van der Waals surface area contributed by atoms with E-state index >= 15 is 0 Å². The molecule has 1 heterocycles. The summed E-state index contributed by atoms with van der Waals surface area (Å²) < 4.78 is 9.84. The van der Waals surface area contributed by atoms with Gasteiger partial charge in [-0.3, -0.25) is 0 Å². The Balaban J connectivity index is 3.38. The molecule has 0 aromatic carbocycles. The van der Waals surface area contributed by atoms with E-state index < -0.39 is 11.6 Å². The number of aryl methyl sites for hydroxylation is 1. The molecule has 0 amide bonds. The maximum Gasteiger partial charge on any atom is 0.345 e. The quantitative estimate of drug-likeness (QED) is 0.812. The standard InChI is InChI=1S/C12H16O5/c1-4-6-8-9(12(15)16-5-2)10(13)7(3)11(14)17-8/h13H,4-6H2,1-3H3. The summed E-state index contributed by atoms with van der Waals surface area (Å²) in [6, 6.07) is 0.